The highest BCUT2D eigenvalue weighted by atomic mass is 16.8. The van der Waals surface area contributed by atoms with Crippen LogP contribution in [0.5, 0.6) is 11.5 Å². The minimum Gasteiger partial charge on any atom is -0.507 e. The number of phenols is 1. The van der Waals surface area contributed by atoms with E-state index in [-0.39, 0.29) is 35.4 Å². The quantitative estimate of drug-likeness (QED) is 0.252. The fourth-order valence-electron chi connectivity index (χ4n) is 6.93. The average molecular weight is 803 g/mol. The van der Waals surface area contributed by atoms with Crippen LogP contribution in [0.1, 0.15) is 108 Å². The Balaban J connectivity index is 0.000000259. The SMILES string of the molecule is COc1c(C)cc(C)c2c1/C=C/C[C@@H]1OC(C)(C)O[C@@H]1C(=O)/C=C\[C@@H](C)[C@H](C)OC2=O.Cc1cc(O)c2c(c1C)/C=C/C[C@H](O)[C@H](O)C(=O)/C=C\[C@@H](C)[C@H](C)OC2=O. The van der Waals surface area contributed by atoms with Gasteiger partial charge >= 0.3 is 11.9 Å². The number of ketones is 2. The summed E-state index contributed by atoms with van der Waals surface area (Å²) in [6.45, 7) is 18.2. The second-order valence-electron chi connectivity index (χ2n) is 15.8. The van der Waals surface area contributed by atoms with E-state index in [0.717, 1.165) is 22.3 Å². The normalized spacial score (nSPS) is 30.0. The number of esters is 2. The van der Waals surface area contributed by atoms with Gasteiger partial charge in [-0.3, -0.25) is 9.59 Å². The van der Waals surface area contributed by atoms with Crippen molar-refractivity contribution in [2.24, 2.45) is 11.8 Å². The maximum atomic E-state index is 13.1. The molecule has 2 aromatic carbocycles. The molecular formula is C46H58O12. The van der Waals surface area contributed by atoms with Crippen LogP contribution in [-0.2, 0) is 28.5 Å². The fraction of sp³-hybridized carbons (Fsp3) is 0.478. The molecule has 3 aliphatic heterocycles. The molecule has 0 aliphatic carbocycles. The van der Waals surface area contributed by atoms with Gasteiger partial charge in [-0.05, 0) is 114 Å². The van der Waals surface area contributed by atoms with Crippen LogP contribution in [0.25, 0.3) is 12.2 Å². The Morgan fingerprint density at radius 2 is 1.24 bits per heavy atom. The first-order valence-electron chi connectivity index (χ1n) is 19.6. The first kappa shape index (κ1) is 45.8. The van der Waals surface area contributed by atoms with Crippen molar-refractivity contribution in [2.45, 2.75) is 124 Å². The molecule has 0 saturated carbocycles. The van der Waals surface area contributed by atoms with Crippen LogP contribution in [0.2, 0.25) is 0 Å². The zero-order valence-corrected chi connectivity index (χ0v) is 35.3. The van der Waals surface area contributed by atoms with Crippen molar-refractivity contribution in [3.63, 3.8) is 0 Å². The summed E-state index contributed by atoms with van der Waals surface area (Å²) < 4.78 is 28.8. The number of hydrogen-bond acceptors (Lipinski definition) is 12. The number of rotatable bonds is 1. The molecule has 3 heterocycles. The number of methoxy groups -OCH3 is 1. The maximum Gasteiger partial charge on any atom is 0.342 e. The minimum absolute atomic E-state index is 0.00926. The zero-order chi connectivity index (χ0) is 43.2. The molecule has 0 aromatic heterocycles. The number of benzene rings is 2. The number of aliphatic hydroxyl groups excluding tert-OH is 2. The maximum absolute atomic E-state index is 13.1. The summed E-state index contributed by atoms with van der Waals surface area (Å²) in [6.07, 6.45) is 8.43. The molecular weight excluding hydrogens is 744 g/mol. The van der Waals surface area contributed by atoms with E-state index in [1.807, 2.05) is 59.8 Å². The van der Waals surface area contributed by atoms with E-state index in [1.54, 1.807) is 53.0 Å². The summed E-state index contributed by atoms with van der Waals surface area (Å²) in [5, 5.41) is 30.4. The molecule has 3 aliphatic rings. The highest BCUT2D eigenvalue weighted by molar-refractivity contribution is 5.98. The van der Waals surface area contributed by atoms with Gasteiger partial charge in [-0.1, -0.05) is 56.4 Å². The third-order valence-corrected chi connectivity index (χ3v) is 10.8. The minimum atomic E-state index is -1.54. The van der Waals surface area contributed by atoms with Gasteiger partial charge < -0.3 is 39.0 Å². The highest BCUT2D eigenvalue weighted by Gasteiger charge is 2.43. The van der Waals surface area contributed by atoms with Gasteiger partial charge in [-0.25, -0.2) is 9.59 Å². The second-order valence-corrected chi connectivity index (χ2v) is 15.8. The first-order valence-corrected chi connectivity index (χ1v) is 19.6. The lowest BCUT2D eigenvalue weighted by atomic mass is 9.94. The van der Waals surface area contributed by atoms with E-state index in [2.05, 4.69) is 0 Å². The van der Waals surface area contributed by atoms with Gasteiger partial charge in [0.25, 0.3) is 0 Å². The Kier molecular flexibility index (Phi) is 15.2. The van der Waals surface area contributed by atoms with Crippen molar-refractivity contribution < 1.29 is 58.2 Å². The number of aliphatic hydroxyl groups is 2. The third-order valence-electron chi connectivity index (χ3n) is 10.8. The Morgan fingerprint density at radius 1 is 0.690 bits per heavy atom. The lowest BCUT2D eigenvalue weighted by Gasteiger charge is -2.21. The van der Waals surface area contributed by atoms with Crippen molar-refractivity contribution in [2.75, 3.05) is 7.11 Å². The Hall–Kier alpha value is -4.88. The zero-order valence-electron chi connectivity index (χ0n) is 35.3. The van der Waals surface area contributed by atoms with E-state index in [1.165, 1.54) is 24.3 Å². The fourth-order valence-corrected chi connectivity index (χ4v) is 6.93. The summed E-state index contributed by atoms with van der Waals surface area (Å²) in [7, 11) is 1.59. The molecule has 0 bridgehead atoms. The molecule has 1 fully saturated rings. The number of carbonyl (C=O) groups is 4. The summed E-state index contributed by atoms with van der Waals surface area (Å²) in [5.74, 6) is -2.70. The monoisotopic (exact) mass is 802 g/mol. The summed E-state index contributed by atoms with van der Waals surface area (Å²) in [5.41, 5.74) is 5.02. The Bertz CT molecular complexity index is 2000. The summed E-state index contributed by atoms with van der Waals surface area (Å²) in [4.78, 5) is 50.6. The van der Waals surface area contributed by atoms with Gasteiger partial charge in [0, 0.05) is 17.4 Å². The van der Waals surface area contributed by atoms with Crippen LogP contribution >= 0.6 is 0 Å². The lowest BCUT2D eigenvalue weighted by Crippen LogP contribution is -2.32. The number of hydrogen-bond donors (Lipinski definition) is 3. The van der Waals surface area contributed by atoms with Gasteiger partial charge in [-0.2, -0.15) is 0 Å². The van der Waals surface area contributed by atoms with Crippen LogP contribution in [-0.4, -0.2) is 88.3 Å². The average Bonchev–Trinajstić information content (AvgIpc) is 3.47. The van der Waals surface area contributed by atoms with E-state index in [0.29, 0.717) is 28.9 Å². The first-order chi connectivity index (χ1) is 27.2. The molecule has 2 aromatic rings. The molecule has 12 nitrogen and oxygen atoms in total. The largest absolute Gasteiger partial charge is 0.507 e. The second kappa shape index (κ2) is 19.2. The van der Waals surface area contributed by atoms with Crippen LogP contribution in [0.3, 0.4) is 0 Å². The number of fused-ring (bicyclic) bond motifs is 3. The van der Waals surface area contributed by atoms with Crippen molar-refractivity contribution in [1.29, 1.82) is 0 Å². The number of ether oxygens (including phenoxy) is 5. The smallest absolute Gasteiger partial charge is 0.342 e. The van der Waals surface area contributed by atoms with Gasteiger partial charge in [0.15, 0.2) is 17.4 Å². The number of aromatic hydroxyl groups is 1. The van der Waals surface area contributed by atoms with Crippen LogP contribution in [0.4, 0.5) is 0 Å². The van der Waals surface area contributed by atoms with Gasteiger partial charge in [0.05, 0.1) is 24.9 Å². The standard InChI is InChI=1S/C25H32O6.C21H26O6/c1-14-11-12-19(26)23-20(30-25(5,6)31-23)10-8-9-18-21(24(27)29-17(14)4)15(2)13-16(3)22(18)28-7;1-11-8-9-17(23)20(25)16(22)7-5-6-15-13(3)12(2)10-18(24)19(15)21(26)27-14(11)4/h8-9,11-14,17,20,23H,10H2,1-7H3;5-6,8-11,14,16,20,22,24-25H,7H2,1-4H3/b9-8+,12-11-;6-5+,9-8-/t14-,17+,20+,23-;11-,14+,16+,20+/m11/s1. The number of phenolic OH excluding ortho intramolecular Hbond substituents is 1. The predicted molar refractivity (Wildman–Crippen MR) is 220 cm³/mol. The number of carbonyl (C=O) groups excluding carboxylic acids is 4. The molecule has 314 valence electrons. The van der Waals surface area contributed by atoms with Gasteiger partial charge in [-0.15, -0.1) is 0 Å². The Labute approximate surface area is 341 Å². The molecule has 8 atom stereocenters. The molecule has 0 amide bonds. The van der Waals surface area contributed by atoms with Crippen LogP contribution < -0.4 is 4.74 Å². The van der Waals surface area contributed by atoms with E-state index < -0.39 is 60.1 Å². The summed E-state index contributed by atoms with van der Waals surface area (Å²) in [6, 6.07) is 3.44. The van der Waals surface area contributed by atoms with Crippen molar-refractivity contribution >= 4 is 35.7 Å². The third kappa shape index (κ3) is 10.8. The van der Waals surface area contributed by atoms with Crippen LogP contribution in [0.15, 0.2) is 48.6 Å². The van der Waals surface area contributed by atoms with Gasteiger partial charge in [0.1, 0.15) is 41.5 Å². The summed E-state index contributed by atoms with van der Waals surface area (Å²) >= 11 is 0. The highest BCUT2D eigenvalue weighted by Crippen LogP contribution is 2.35. The molecule has 5 rings (SSSR count). The van der Waals surface area contributed by atoms with Crippen LogP contribution in [0, 0.1) is 39.5 Å². The number of aryl methyl sites for hydroxylation is 3. The van der Waals surface area contributed by atoms with Crippen molar-refractivity contribution in [1.82, 2.24) is 0 Å². The van der Waals surface area contributed by atoms with E-state index >= 15 is 0 Å². The molecule has 0 spiro atoms. The molecule has 3 N–H and O–H groups in total. The van der Waals surface area contributed by atoms with E-state index in [4.69, 9.17) is 23.7 Å². The lowest BCUT2D eigenvalue weighted by molar-refractivity contribution is -0.152. The molecule has 58 heavy (non-hydrogen) atoms. The van der Waals surface area contributed by atoms with Crippen molar-refractivity contribution in [3.8, 4) is 11.5 Å². The van der Waals surface area contributed by atoms with Gasteiger partial charge in [0.2, 0.25) is 0 Å². The predicted octanol–water partition coefficient (Wildman–Crippen LogP) is 7.01. The topological polar surface area (TPSA) is 175 Å². The number of cyclic esters (lactones) is 2. The van der Waals surface area contributed by atoms with Crippen molar-refractivity contribution in [3.05, 3.63) is 93.1 Å². The molecule has 1 saturated heterocycles. The van der Waals surface area contributed by atoms with E-state index in [9.17, 15) is 34.5 Å². The molecule has 0 unspecified atom stereocenters. The molecule has 12 heteroatoms. The molecule has 0 radical (unpaired) electrons. The Morgan fingerprint density at radius 3 is 1.84 bits per heavy atom.